The van der Waals surface area contributed by atoms with Gasteiger partial charge in [-0.3, -0.25) is 19.3 Å². The third kappa shape index (κ3) is 2.81. The first-order valence-electron chi connectivity index (χ1n) is 8.14. The van der Waals surface area contributed by atoms with Crippen LogP contribution >= 0.6 is 0 Å². The van der Waals surface area contributed by atoms with E-state index in [-0.39, 0.29) is 24.1 Å². The van der Waals surface area contributed by atoms with Crippen LogP contribution in [0.25, 0.3) is 0 Å². The van der Waals surface area contributed by atoms with Crippen LogP contribution in [-0.4, -0.2) is 48.9 Å². The van der Waals surface area contributed by atoms with Gasteiger partial charge in [-0.05, 0) is 25.5 Å². The molecule has 7 heteroatoms. The van der Waals surface area contributed by atoms with Crippen molar-refractivity contribution in [2.45, 2.75) is 32.2 Å². The maximum atomic E-state index is 12.2. The molecule has 0 aromatic heterocycles. The lowest BCUT2D eigenvalue weighted by Crippen LogP contribution is -2.34. The Balaban J connectivity index is 1.79. The number of hydrogen-bond donors (Lipinski definition) is 1. The van der Waals surface area contributed by atoms with Crippen molar-refractivity contribution in [3.05, 3.63) is 18.2 Å². The predicted molar refractivity (Wildman–Crippen MR) is 89.0 cm³/mol. The number of amides is 3. The second-order valence-corrected chi connectivity index (χ2v) is 5.91. The lowest BCUT2D eigenvalue weighted by molar-refractivity contribution is -0.138. The first-order valence-corrected chi connectivity index (χ1v) is 8.14. The molecule has 3 amide bonds. The highest BCUT2D eigenvalue weighted by molar-refractivity contribution is 6.06. The molecule has 0 unspecified atom stereocenters. The summed E-state index contributed by atoms with van der Waals surface area (Å²) in [7, 11) is 1.55. The highest BCUT2D eigenvalue weighted by atomic mass is 16.5. The summed E-state index contributed by atoms with van der Waals surface area (Å²) in [5.41, 5.74) is 1.42. The largest absolute Gasteiger partial charge is 0.494 e. The van der Waals surface area contributed by atoms with Gasteiger partial charge in [0, 0.05) is 31.3 Å². The van der Waals surface area contributed by atoms with Gasteiger partial charge in [-0.2, -0.15) is 0 Å². The van der Waals surface area contributed by atoms with Gasteiger partial charge in [0.1, 0.15) is 11.8 Å². The Morgan fingerprint density at radius 2 is 2.04 bits per heavy atom. The third-order valence-corrected chi connectivity index (χ3v) is 4.44. The van der Waals surface area contributed by atoms with E-state index >= 15 is 0 Å². The second-order valence-electron chi connectivity index (χ2n) is 5.91. The van der Waals surface area contributed by atoms with E-state index in [9.17, 15) is 14.4 Å². The highest BCUT2D eigenvalue weighted by Gasteiger charge is 2.37. The number of methoxy groups -OCH3 is 1. The van der Waals surface area contributed by atoms with Crippen molar-refractivity contribution in [1.29, 1.82) is 0 Å². The summed E-state index contributed by atoms with van der Waals surface area (Å²) in [5, 5.41) is 3.09. The Labute approximate surface area is 140 Å². The number of likely N-dealkylation sites (N-methyl/N-ethyl adjacent to an activating group) is 1. The minimum atomic E-state index is -0.554. The van der Waals surface area contributed by atoms with Crippen LogP contribution < -0.4 is 15.0 Å². The molecule has 2 fully saturated rings. The van der Waals surface area contributed by atoms with Crippen molar-refractivity contribution in [1.82, 2.24) is 4.90 Å². The van der Waals surface area contributed by atoms with Crippen molar-refractivity contribution in [3.8, 4) is 5.75 Å². The van der Waals surface area contributed by atoms with E-state index < -0.39 is 6.04 Å². The van der Waals surface area contributed by atoms with Gasteiger partial charge in [-0.25, -0.2) is 0 Å². The number of nitrogens with zero attached hydrogens (tertiary/aromatic N) is 2. The van der Waals surface area contributed by atoms with Crippen molar-refractivity contribution in [3.63, 3.8) is 0 Å². The van der Waals surface area contributed by atoms with Gasteiger partial charge in [0.15, 0.2) is 0 Å². The molecule has 2 saturated heterocycles. The smallest absolute Gasteiger partial charge is 0.252 e. The lowest BCUT2D eigenvalue weighted by Gasteiger charge is -2.20. The third-order valence-electron chi connectivity index (χ3n) is 4.44. The maximum Gasteiger partial charge on any atom is 0.252 e. The number of rotatable bonds is 5. The van der Waals surface area contributed by atoms with Gasteiger partial charge in [-0.1, -0.05) is 0 Å². The fourth-order valence-corrected chi connectivity index (χ4v) is 3.22. The number of carbonyl (C=O) groups excluding carboxylic acids is 3. The molecule has 1 atom stereocenters. The fourth-order valence-electron chi connectivity index (χ4n) is 3.22. The van der Waals surface area contributed by atoms with Crippen molar-refractivity contribution in [2.24, 2.45) is 0 Å². The summed E-state index contributed by atoms with van der Waals surface area (Å²) in [6, 6.07) is 4.81. The summed E-state index contributed by atoms with van der Waals surface area (Å²) in [6.07, 6.45) is 1.55. The number of nitrogens with one attached hydrogen (secondary N) is 1. The highest BCUT2D eigenvalue weighted by Crippen LogP contribution is 2.34. The van der Waals surface area contributed by atoms with E-state index in [4.69, 9.17) is 4.74 Å². The van der Waals surface area contributed by atoms with Crippen LogP contribution in [0.2, 0.25) is 0 Å². The molecule has 2 aliphatic rings. The van der Waals surface area contributed by atoms with E-state index in [1.807, 2.05) is 6.07 Å². The van der Waals surface area contributed by atoms with E-state index in [1.165, 1.54) is 4.90 Å². The Morgan fingerprint density at radius 3 is 2.62 bits per heavy atom. The standard InChI is InChI=1S/C17H21N3O4/c1-3-19-16(22)10-12(17(19)23)18-11-6-7-13(14(9-11)24-2)20-8-4-5-15(20)21/h6-7,9,12,18H,3-5,8,10H2,1-2H3/t12-/m1/s1. The monoisotopic (exact) mass is 331 g/mol. The molecule has 1 N–H and O–H groups in total. The van der Waals surface area contributed by atoms with Crippen LogP contribution in [0.4, 0.5) is 11.4 Å². The normalized spacial score (nSPS) is 20.9. The lowest BCUT2D eigenvalue weighted by atomic mass is 10.2. The predicted octanol–water partition coefficient (Wildman–Crippen LogP) is 1.38. The minimum Gasteiger partial charge on any atom is -0.494 e. The van der Waals surface area contributed by atoms with E-state index in [0.29, 0.717) is 30.9 Å². The Kier molecular flexibility index (Phi) is 4.42. The number of likely N-dealkylation sites (tertiary alicyclic amines) is 1. The molecule has 0 spiro atoms. The second kappa shape index (κ2) is 6.51. The Bertz CT molecular complexity index is 688. The molecule has 2 aliphatic heterocycles. The molecule has 128 valence electrons. The molecule has 2 heterocycles. The molecular formula is C17H21N3O4. The fraction of sp³-hybridized carbons (Fsp3) is 0.471. The van der Waals surface area contributed by atoms with Crippen molar-refractivity contribution >= 4 is 29.1 Å². The number of ether oxygens (including phenoxy) is 1. The Morgan fingerprint density at radius 1 is 1.25 bits per heavy atom. The van der Waals surface area contributed by atoms with Crippen LogP contribution in [-0.2, 0) is 14.4 Å². The molecule has 0 bridgehead atoms. The van der Waals surface area contributed by atoms with Crippen LogP contribution in [0.15, 0.2) is 18.2 Å². The van der Waals surface area contributed by atoms with E-state index in [2.05, 4.69) is 5.32 Å². The van der Waals surface area contributed by atoms with Crippen LogP contribution in [0.1, 0.15) is 26.2 Å². The van der Waals surface area contributed by atoms with E-state index in [0.717, 1.165) is 12.1 Å². The Hall–Kier alpha value is -2.57. The number of carbonyl (C=O) groups is 3. The average molecular weight is 331 g/mol. The minimum absolute atomic E-state index is 0.0872. The number of imide groups is 1. The van der Waals surface area contributed by atoms with Gasteiger partial charge in [0.25, 0.3) is 5.91 Å². The zero-order valence-corrected chi connectivity index (χ0v) is 13.9. The molecule has 1 aromatic carbocycles. The molecule has 24 heavy (non-hydrogen) atoms. The molecule has 0 radical (unpaired) electrons. The van der Waals surface area contributed by atoms with Crippen LogP contribution in [0.3, 0.4) is 0 Å². The molecular weight excluding hydrogens is 310 g/mol. The van der Waals surface area contributed by atoms with Gasteiger partial charge in [0.05, 0.1) is 19.2 Å². The van der Waals surface area contributed by atoms with Crippen LogP contribution in [0.5, 0.6) is 5.75 Å². The molecule has 0 saturated carbocycles. The maximum absolute atomic E-state index is 12.2. The first kappa shape index (κ1) is 16.3. The van der Waals surface area contributed by atoms with Gasteiger partial charge in [0.2, 0.25) is 11.8 Å². The zero-order valence-electron chi connectivity index (χ0n) is 13.9. The summed E-state index contributed by atoms with van der Waals surface area (Å²) < 4.78 is 5.41. The zero-order chi connectivity index (χ0) is 17.3. The van der Waals surface area contributed by atoms with Crippen molar-refractivity contribution in [2.75, 3.05) is 30.4 Å². The first-order chi connectivity index (χ1) is 11.5. The topological polar surface area (TPSA) is 79.0 Å². The van der Waals surface area contributed by atoms with Crippen molar-refractivity contribution < 1.29 is 19.1 Å². The molecule has 7 nitrogen and oxygen atoms in total. The summed E-state index contributed by atoms with van der Waals surface area (Å²) in [5.74, 6) is 0.287. The van der Waals surface area contributed by atoms with Gasteiger partial charge in [-0.15, -0.1) is 0 Å². The summed E-state index contributed by atoms with van der Waals surface area (Å²) in [6.45, 7) is 2.85. The molecule has 1 aromatic rings. The average Bonchev–Trinajstić information content (AvgIpc) is 3.11. The number of benzene rings is 1. The summed E-state index contributed by atoms with van der Waals surface area (Å²) >= 11 is 0. The number of hydrogen-bond acceptors (Lipinski definition) is 5. The van der Waals surface area contributed by atoms with Gasteiger partial charge < -0.3 is 15.0 Å². The van der Waals surface area contributed by atoms with Crippen LogP contribution in [0, 0.1) is 0 Å². The summed E-state index contributed by atoms with van der Waals surface area (Å²) in [4.78, 5) is 38.9. The molecule has 3 rings (SSSR count). The SMILES string of the molecule is CCN1C(=O)C[C@@H](Nc2ccc(N3CCCC3=O)c(OC)c2)C1=O. The molecule has 0 aliphatic carbocycles. The number of anilines is 2. The van der Waals surface area contributed by atoms with E-state index in [1.54, 1.807) is 31.1 Å². The quantitative estimate of drug-likeness (QED) is 0.825. The van der Waals surface area contributed by atoms with Gasteiger partial charge >= 0.3 is 0 Å².